The second kappa shape index (κ2) is 7.83. The van der Waals surface area contributed by atoms with Crippen LogP contribution in [-0.4, -0.2) is 56.5 Å². The summed E-state index contributed by atoms with van der Waals surface area (Å²) in [6.45, 7) is -0.326. The molecule has 23 heavy (non-hydrogen) atoms. The Kier molecular flexibility index (Phi) is 6.06. The van der Waals surface area contributed by atoms with Gasteiger partial charge in [0.25, 0.3) is 5.91 Å². The van der Waals surface area contributed by atoms with Gasteiger partial charge in [0.15, 0.2) is 16.4 Å². The normalized spacial score (nSPS) is 19.3. The van der Waals surface area contributed by atoms with Crippen molar-refractivity contribution in [2.45, 2.75) is 11.7 Å². The SMILES string of the molecule is CN(C(=O)COC(=O)CS[C@H]1CCS(=O)(=O)C1)c1ccccc1. The molecule has 0 bridgehead atoms. The molecule has 1 fully saturated rings. The summed E-state index contributed by atoms with van der Waals surface area (Å²) in [5.74, 6) is -0.476. The summed E-state index contributed by atoms with van der Waals surface area (Å²) in [4.78, 5) is 25.0. The lowest BCUT2D eigenvalue weighted by Gasteiger charge is -2.17. The van der Waals surface area contributed by atoms with Crippen molar-refractivity contribution in [1.29, 1.82) is 0 Å². The number of hydrogen-bond donors (Lipinski definition) is 0. The number of hydrogen-bond acceptors (Lipinski definition) is 6. The third-order valence-electron chi connectivity index (χ3n) is 3.50. The third-order valence-corrected chi connectivity index (χ3v) is 6.76. The van der Waals surface area contributed by atoms with Gasteiger partial charge in [-0.05, 0) is 18.6 Å². The van der Waals surface area contributed by atoms with Crippen LogP contribution in [0.5, 0.6) is 0 Å². The zero-order chi connectivity index (χ0) is 16.9. The van der Waals surface area contributed by atoms with Crippen LogP contribution in [-0.2, 0) is 24.2 Å². The first-order valence-corrected chi connectivity index (χ1v) is 10.0. The molecule has 0 N–H and O–H groups in total. The van der Waals surface area contributed by atoms with Crippen molar-refractivity contribution in [3.63, 3.8) is 0 Å². The number of anilines is 1. The van der Waals surface area contributed by atoms with Crippen LogP contribution >= 0.6 is 11.8 Å². The van der Waals surface area contributed by atoms with Gasteiger partial charge in [-0.25, -0.2) is 8.42 Å². The average Bonchev–Trinajstić information content (AvgIpc) is 2.89. The van der Waals surface area contributed by atoms with E-state index in [9.17, 15) is 18.0 Å². The molecule has 1 aromatic carbocycles. The molecule has 6 nitrogen and oxygen atoms in total. The van der Waals surface area contributed by atoms with Gasteiger partial charge >= 0.3 is 5.97 Å². The van der Waals surface area contributed by atoms with Gasteiger partial charge in [-0.1, -0.05) is 18.2 Å². The molecule has 2 rings (SSSR count). The highest BCUT2D eigenvalue weighted by atomic mass is 32.2. The highest BCUT2D eigenvalue weighted by molar-refractivity contribution is 8.02. The van der Waals surface area contributed by atoms with E-state index in [4.69, 9.17) is 4.74 Å². The molecular formula is C15H19NO5S2. The molecule has 126 valence electrons. The number of rotatable bonds is 6. The summed E-state index contributed by atoms with van der Waals surface area (Å²) in [6, 6.07) is 9.06. The second-order valence-electron chi connectivity index (χ2n) is 5.29. The van der Waals surface area contributed by atoms with Crippen LogP contribution < -0.4 is 4.90 Å². The van der Waals surface area contributed by atoms with Crippen molar-refractivity contribution in [3.05, 3.63) is 30.3 Å². The van der Waals surface area contributed by atoms with Crippen molar-refractivity contribution in [2.75, 3.05) is 35.8 Å². The van der Waals surface area contributed by atoms with E-state index in [1.807, 2.05) is 18.2 Å². The van der Waals surface area contributed by atoms with Crippen LogP contribution in [0.25, 0.3) is 0 Å². The van der Waals surface area contributed by atoms with Crippen molar-refractivity contribution in [1.82, 2.24) is 0 Å². The van der Waals surface area contributed by atoms with E-state index < -0.39 is 15.8 Å². The maximum atomic E-state index is 12.0. The van der Waals surface area contributed by atoms with Crippen molar-refractivity contribution < 1.29 is 22.7 Å². The number of carbonyl (C=O) groups excluding carboxylic acids is 2. The number of thioether (sulfide) groups is 1. The maximum absolute atomic E-state index is 12.0. The number of sulfone groups is 1. The van der Waals surface area contributed by atoms with Crippen LogP contribution in [0.15, 0.2) is 30.3 Å². The van der Waals surface area contributed by atoms with Gasteiger partial charge in [0.1, 0.15) is 0 Å². The third kappa shape index (κ3) is 5.54. The molecule has 0 spiro atoms. The van der Waals surface area contributed by atoms with E-state index in [1.54, 1.807) is 19.2 Å². The molecule has 1 saturated heterocycles. The molecule has 1 aliphatic rings. The zero-order valence-corrected chi connectivity index (χ0v) is 14.4. The zero-order valence-electron chi connectivity index (χ0n) is 12.8. The summed E-state index contributed by atoms with van der Waals surface area (Å²) >= 11 is 1.27. The summed E-state index contributed by atoms with van der Waals surface area (Å²) in [5.41, 5.74) is 0.721. The van der Waals surface area contributed by atoms with Gasteiger partial charge in [0, 0.05) is 18.0 Å². The maximum Gasteiger partial charge on any atom is 0.316 e. The van der Waals surface area contributed by atoms with Gasteiger partial charge in [0.05, 0.1) is 17.3 Å². The van der Waals surface area contributed by atoms with Crippen LogP contribution in [0.2, 0.25) is 0 Å². The number of likely N-dealkylation sites (N-methyl/N-ethyl adjacent to an activating group) is 1. The smallest absolute Gasteiger partial charge is 0.316 e. The number of carbonyl (C=O) groups is 2. The summed E-state index contributed by atoms with van der Waals surface area (Å²) in [7, 11) is -1.33. The predicted octanol–water partition coefficient (Wildman–Crippen LogP) is 1.11. The van der Waals surface area contributed by atoms with Crippen LogP contribution in [0, 0.1) is 0 Å². The van der Waals surface area contributed by atoms with E-state index in [0.29, 0.717) is 6.42 Å². The molecule has 8 heteroatoms. The molecule has 0 aliphatic carbocycles. The second-order valence-corrected chi connectivity index (χ2v) is 8.80. The number of ether oxygens (including phenoxy) is 1. The number of esters is 1. The van der Waals surface area contributed by atoms with E-state index in [-0.39, 0.29) is 35.0 Å². The highest BCUT2D eigenvalue weighted by Crippen LogP contribution is 2.24. The Morgan fingerprint density at radius 2 is 2.00 bits per heavy atom. The van der Waals surface area contributed by atoms with Crippen molar-refractivity contribution in [3.8, 4) is 0 Å². The minimum atomic E-state index is -2.94. The Hall–Kier alpha value is -1.54. The Bertz CT molecular complexity index is 660. The monoisotopic (exact) mass is 357 g/mol. The topological polar surface area (TPSA) is 80.8 Å². The Morgan fingerprint density at radius 3 is 2.61 bits per heavy atom. The van der Waals surface area contributed by atoms with Crippen LogP contribution in [0.1, 0.15) is 6.42 Å². The quantitative estimate of drug-likeness (QED) is 0.710. The first-order valence-electron chi connectivity index (χ1n) is 7.16. The summed E-state index contributed by atoms with van der Waals surface area (Å²) in [5, 5.41) is -0.0600. The Morgan fingerprint density at radius 1 is 1.30 bits per heavy atom. The molecule has 1 atom stereocenters. The van der Waals surface area contributed by atoms with Gasteiger partial charge in [-0.2, -0.15) is 0 Å². The molecule has 1 aliphatic heterocycles. The summed E-state index contributed by atoms with van der Waals surface area (Å²) in [6.07, 6.45) is 0.565. The highest BCUT2D eigenvalue weighted by Gasteiger charge is 2.28. The lowest BCUT2D eigenvalue weighted by molar-refractivity contribution is -0.145. The first kappa shape index (κ1) is 17.8. The van der Waals surface area contributed by atoms with Crippen molar-refractivity contribution >= 4 is 39.2 Å². The molecule has 0 saturated carbocycles. The fourth-order valence-corrected chi connectivity index (χ4v) is 5.59. The molecule has 0 radical (unpaired) electrons. The molecule has 1 aromatic rings. The molecule has 1 amide bonds. The number of amides is 1. The Labute approximate surface area is 140 Å². The van der Waals surface area contributed by atoms with Crippen LogP contribution in [0.3, 0.4) is 0 Å². The molecule has 0 aromatic heterocycles. The molecule has 0 unspecified atom stereocenters. The van der Waals surface area contributed by atoms with E-state index in [0.717, 1.165) is 5.69 Å². The van der Waals surface area contributed by atoms with E-state index in [2.05, 4.69) is 0 Å². The average molecular weight is 357 g/mol. The predicted molar refractivity (Wildman–Crippen MR) is 90.3 cm³/mol. The van der Waals surface area contributed by atoms with Gasteiger partial charge < -0.3 is 9.64 Å². The number of nitrogens with zero attached hydrogens (tertiary/aromatic N) is 1. The van der Waals surface area contributed by atoms with E-state index in [1.165, 1.54) is 16.7 Å². The minimum Gasteiger partial charge on any atom is -0.455 e. The Balaban J connectivity index is 1.71. The first-order chi connectivity index (χ1) is 10.9. The van der Waals surface area contributed by atoms with Gasteiger partial charge in [-0.3, -0.25) is 9.59 Å². The van der Waals surface area contributed by atoms with Crippen LogP contribution in [0.4, 0.5) is 5.69 Å². The number of para-hydroxylation sites is 1. The lowest BCUT2D eigenvalue weighted by Crippen LogP contribution is -2.31. The fourth-order valence-electron chi connectivity index (χ4n) is 2.15. The summed E-state index contributed by atoms with van der Waals surface area (Å²) < 4.78 is 27.6. The molecule has 1 heterocycles. The minimum absolute atomic E-state index is 0.0581. The van der Waals surface area contributed by atoms with Crippen molar-refractivity contribution in [2.24, 2.45) is 0 Å². The van der Waals surface area contributed by atoms with Gasteiger partial charge in [-0.15, -0.1) is 11.8 Å². The lowest BCUT2D eigenvalue weighted by atomic mass is 10.3. The fraction of sp³-hybridized carbons (Fsp3) is 0.467. The molecular weight excluding hydrogens is 338 g/mol. The number of benzene rings is 1. The largest absolute Gasteiger partial charge is 0.455 e. The van der Waals surface area contributed by atoms with Gasteiger partial charge in [0.2, 0.25) is 0 Å². The standard InChI is InChI=1S/C15H19NO5S2/c1-16(12-5-3-2-4-6-12)14(17)9-21-15(18)10-22-13-7-8-23(19,20)11-13/h2-6,13H,7-11H2,1H3/t13-/m0/s1. The van der Waals surface area contributed by atoms with E-state index >= 15 is 0 Å².